The van der Waals surface area contributed by atoms with Crippen molar-refractivity contribution in [1.82, 2.24) is 10.6 Å². The summed E-state index contributed by atoms with van der Waals surface area (Å²) in [6.45, 7) is 11.5. The molecule has 0 aromatic carbocycles. The molecule has 78 valence electrons. The van der Waals surface area contributed by atoms with E-state index in [1.807, 2.05) is 20.8 Å². The van der Waals surface area contributed by atoms with Crippen molar-refractivity contribution in [2.24, 2.45) is 5.92 Å². The van der Waals surface area contributed by atoms with Gasteiger partial charge in [0, 0.05) is 6.54 Å². The normalized spacial score (nSPS) is 11.8. The lowest BCUT2D eigenvalue weighted by Crippen LogP contribution is -2.53. The van der Waals surface area contributed by atoms with Crippen LogP contribution in [0.3, 0.4) is 0 Å². The van der Waals surface area contributed by atoms with E-state index >= 15 is 0 Å². The van der Waals surface area contributed by atoms with Gasteiger partial charge in [0.05, 0.1) is 5.54 Å². The largest absolute Gasteiger partial charge is 0.354 e. The van der Waals surface area contributed by atoms with Crippen LogP contribution in [0.4, 0.5) is 0 Å². The first-order valence-corrected chi connectivity index (χ1v) is 4.93. The summed E-state index contributed by atoms with van der Waals surface area (Å²) in [7, 11) is 0. The third kappa shape index (κ3) is 4.88. The SMILES string of the molecule is CCNC(C)(C)C(=O)NCC(C)C. The highest BCUT2D eigenvalue weighted by atomic mass is 16.2. The monoisotopic (exact) mass is 186 g/mol. The van der Waals surface area contributed by atoms with Gasteiger partial charge in [-0.25, -0.2) is 0 Å². The third-order valence-electron chi connectivity index (χ3n) is 1.86. The second-order valence-corrected chi connectivity index (χ2v) is 4.26. The van der Waals surface area contributed by atoms with E-state index in [2.05, 4.69) is 24.5 Å². The number of rotatable bonds is 5. The van der Waals surface area contributed by atoms with Gasteiger partial charge in [-0.2, -0.15) is 0 Å². The van der Waals surface area contributed by atoms with Crippen LogP contribution in [0.5, 0.6) is 0 Å². The third-order valence-corrected chi connectivity index (χ3v) is 1.86. The van der Waals surface area contributed by atoms with E-state index in [9.17, 15) is 4.79 Å². The fraction of sp³-hybridized carbons (Fsp3) is 0.900. The molecule has 0 aliphatic rings. The van der Waals surface area contributed by atoms with E-state index in [4.69, 9.17) is 0 Å². The zero-order chi connectivity index (χ0) is 10.5. The van der Waals surface area contributed by atoms with E-state index < -0.39 is 5.54 Å². The Morgan fingerprint density at radius 1 is 1.38 bits per heavy atom. The molecule has 0 fully saturated rings. The molecule has 3 nitrogen and oxygen atoms in total. The minimum atomic E-state index is -0.455. The van der Waals surface area contributed by atoms with Gasteiger partial charge in [-0.15, -0.1) is 0 Å². The topological polar surface area (TPSA) is 41.1 Å². The molecule has 2 N–H and O–H groups in total. The van der Waals surface area contributed by atoms with E-state index in [1.165, 1.54) is 0 Å². The van der Waals surface area contributed by atoms with Crippen molar-refractivity contribution in [2.45, 2.75) is 40.2 Å². The van der Waals surface area contributed by atoms with E-state index in [0.29, 0.717) is 5.92 Å². The van der Waals surface area contributed by atoms with Gasteiger partial charge in [-0.3, -0.25) is 4.79 Å². The smallest absolute Gasteiger partial charge is 0.239 e. The summed E-state index contributed by atoms with van der Waals surface area (Å²) >= 11 is 0. The molecule has 0 aliphatic carbocycles. The molecule has 13 heavy (non-hydrogen) atoms. The van der Waals surface area contributed by atoms with Crippen molar-refractivity contribution in [2.75, 3.05) is 13.1 Å². The summed E-state index contributed by atoms with van der Waals surface area (Å²) in [4.78, 5) is 11.6. The summed E-state index contributed by atoms with van der Waals surface area (Å²) < 4.78 is 0. The van der Waals surface area contributed by atoms with Crippen LogP contribution in [0, 0.1) is 5.92 Å². The summed E-state index contributed by atoms with van der Waals surface area (Å²) in [5, 5.41) is 6.04. The maximum Gasteiger partial charge on any atom is 0.239 e. The summed E-state index contributed by atoms with van der Waals surface area (Å²) in [6, 6.07) is 0. The lowest BCUT2D eigenvalue weighted by molar-refractivity contribution is -0.126. The van der Waals surface area contributed by atoms with Crippen LogP contribution >= 0.6 is 0 Å². The maximum absolute atomic E-state index is 11.6. The number of likely N-dealkylation sites (N-methyl/N-ethyl adjacent to an activating group) is 1. The van der Waals surface area contributed by atoms with Gasteiger partial charge in [-0.05, 0) is 26.3 Å². The fourth-order valence-electron chi connectivity index (χ4n) is 1.04. The van der Waals surface area contributed by atoms with Crippen LogP contribution < -0.4 is 10.6 Å². The first-order valence-electron chi connectivity index (χ1n) is 4.93. The predicted molar refractivity (Wildman–Crippen MR) is 55.6 cm³/mol. The molecule has 1 amide bonds. The van der Waals surface area contributed by atoms with Crippen molar-refractivity contribution >= 4 is 5.91 Å². The van der Waals surface area contributed by atoms with Crippen LogP contribution in [0.25, 0.3) is 0 Å². The van der Waals surface area contributed by atoms with Crippen LogP contribution in [-0.4, -0.2) is 24.5 Å². The summed E-state index contributed by atoms with van der Waals surface area (Å²) in [6.07, 6.45) is 0. The van der Waals surface area contributed by atoms with Gasteiger partial charge >= 0.3 is 0 Å². The minimum absolute atomic E-state index is 0.0723. The summed E-state index contributed by atoms with van der Waals surface area (Å²) in [5.74, 6) is 0.574. The molecule has 0 aliphatic heterocycles. The Balaban J connectivity index is 3.94. The molecule has 0 saturated carbocycles. The molecule has 0 unspecified atom stereocenters. The molecule has 0 heterocycles. The number of carbonyl (C=O) groups is 1. The molecule has 0 saturated heterocycles. The van der Waals surface area contributed by atoms with Crippen molar-refractivity contribution in [1.29, 1.82) is 0 Å². The molecule has 0 bridgehead atoms. The van der Waals surface area contributed by atoms with Crippen molar-refractivity contribution in [3.63, 3.8) is 0 Å². The Labute approximate surface area is 81.3 Å². The molecule has 0 aromatic rings. The highest BCUT2D eigenvalue weighted by Gasteiger charge is 2.25. The highest BCUT2D eigenvalue weighted by Crippen LogP contribution is 2.01. The van der Waals surface area contributed by atoms with Crippen LogP contribution in [0.1, 0.15) is 34.6 Å². The number of amides is 1. The quantitative estimate of drug-likeness (QED) is 0.676. The Morgan fingerprint density at radius 2 is 1.92 bits per heavy atom. The summed E-state index contributed by atoms with van der Waals surface area (Å²) in [5.41, 5.74) is -0.455. The number of hydrogen-bond donors (Lipinski definition) is 2. The first-order chi connectivity index (χ1) is 5.90. The molecular weight excluding hydrogens is 164 g/mol. The van der Waals surface area contributed by atoms with Crippen molar-refractivity contribution in [3.8, 4) is 0 Å². The number of carbonyl (C=O) groups excluding carboxylic acids is 1. The van der Waals surface area contributed by atoms with Gasteiger partial charge in [0.1, 0.15) is 0 Å². The molecular formula is C10H22N2O. The van der Waals surface area contributed by atoms with Crippen LogP contribution in [0.2, 0.25) is 0 Å². The van der Waals surface area contributed by atoms with Gasteiger partial charge in [-0.1, -0.05) is 20.8 Å². The Morgan fingerprint density at radius 3 is 2.31 bits per heavy atom. The molecule has 0 rings (SSSR count). The second kappa shape index (κ2) is 5.22. The average Bonchev–Trinajstić information content (AvgIpc) is 1.99. The van der Waals surface area contributed by atoms with Crippen molar-refractivity contribution in [3.05, 3.63) is 0 Å². The average molecular weight is 186 g/mol. The van der Waals surface area contributed by atoms with Gasteiger partial charge in [0.2, 0.25) is 5.91 Å². The molecule has 0 atom stereocenters. The second-order valence-electron chi connectivity index (χ2n) is 4.26. The minimum Gasteiger partial charge on any atom is -0.354 e. The van der Waals surface area contributed by atoms with E-state index in [0.717, 1.165) is 13.1 Å². The molecule has 0 radical (unpaired) electrons. The zero-order valence-corrected chi connectivity index (χ0v) is 9.40. The number of hydrogen-bond acceptors (Lipinski definition) is 2. The van der Waals surface area contributed by atoms with Crippen LogP contribution in [0.15, 0.2) is 0 Å². The van der Waals surface area contributed by atoms with Gasteiger partial charge in [0.15, 0.2) is 0 Å². The molecule has 3 heteroatoms. The van der Waals surface area contributed by atoms with Gasteiger partial charge < -0.3 is 10.6 Å². The highest BCUT2D eigenvalue weighted by molar-refractivity contribution is 5.85. The van der Waals surface area contributed by atoms with E-state index in [1.54, 1.807) is 0 Å². The predicted octanol–water partition coefficient (Wildman–Crippen LogP) is 1.15. The lowest BCUT2D eigenvalue weighted by atomic mass is 10.0. The van der Waals surface area contributed by atoms with Crippen molar-refractivity contribution < 1.29 is 4.79 Å². The van der Waals surface area contributed by atoms with E-state index in [-0.39, 0.29) is 5.91 Å². The van der Waals surface area contributed by atoms with Gasteiger partial charge in [0.25, 0.3) is 0 Å². The Kier molecular flexibility index (Phi) is 4.99. The van der Waals surface area contributed by atoms with Crippen LogP contribution in [-0.2, 0) is 4.79 Å². The molecule has 0 spiro atoms. The number of nitrogens with one attached hydrogen (secondary N) is 2. The first kappa shape index (κ1) is 12.4. The zero-order valence-electron chi connectivity index (χ0n) is 9.40. The standard InChI is InChI=1S/C10H22N2O/c1-6-12-10(4,5)9(13)11-7-8(2)3/h8,12H,6-7H2,1-5H3,(H,11,13). The Bertz CT molecular complexity index is 164. The maximum atomic E-state index is 11.6. The Hall–Kier alpha value is -0.570. The lowest BCUT2D eigenvalue weighted by Gasteiger charge is -2.24. The fourth-order valence-corrected chi connectivity index (χ4v) is 1.04. The molecule has 0 aromatic heterocycles.